The van der Waals surface area contributed by atoms with Gasteiger partial charge in [0.2, 0.25) is 5.91 Å². The van der Waals surface area contributed by atoms with E-state index in [1.165, 1.54) is 31.2 Å². The Morgan fingerprint density at radius 3 is 2.43 bits per heavy atom. The van der Waals surface area contributed by atoms with Crippen molar-refractivity contribution in [2.45, 2.75) is 95.2 Å². The van der Waals surface area contributed by atoms with E-state index in [0.717, 1.165) is 47.5 Å². The fourth-order valence-electron chi connectivity index (χ4n) is 8.18. The van der Waals surface area contributed by atoms with Crippen LogP contribution in [0.2, 0.25) is 0 Å². The normalized spacial score (nSPS) is 24.9. The molecule has 8 heteroatoms. The fourth-order valence-corrected chi connectivity index (χ4v) is 8.18. The van der Waals surface area contributed by atoms with Gasteiger partial charge in [-0.3, -0.25) is 9.59 Å². The predicted octanol–water partition coefficient (Wildman–Crippen LogP) is 5.55. The van der Waals surface area contributed by atoms with E-state index in [4.69, 9.17) is 4.74 Å². The SMILES string of the molecule is CC(C)(O)COc1ccc2c(CC(=O)NC3CC4(C3)CC(c3cn(C(C5CC5)C5CC5)c(=O)c5ccccc35)C4)cnn2c1. The van der Waals surface area contributed by atoms with Gasteiger partial charge in [0.05, 0.1) is 29.9 Å². The number of amides is 1. The third-order valence-corrected chi connectivity index (χ3v) is 10.5. The fraction of sp³-hybridized carbons (Fsp3) is 0.528. The largest absolute Gasteiger partial charge is 0.489 e. The minimum Gasteiger partial charge on any atom is -0.489 e. The number of aliphatic hydroxyl groups is 1. The van der Waals surface area contributed by atoms with Gasteiger partial charge in [0, 0.05) is 29.2 Å². The maximum absolute atomic E-state index is 13.6. The van der Waals surface area contributed by atoms with Crippen molar-refractivity contribution in [3.8, 4) is 5.75 Å². The lowest BCUT2D eigenvalue weighted by Crippen LogP contribution is -2.56. The van der Waals surface area contributed by atoms with Gasteiger partial charge in [-0.2, -0.15) is 5.10 Å². The molecular formula is C36H42N4O4. The topological polar surface area (TPSA) is 97.9 Å². The molecule has 2 N–H and O–H groups in total. The first kappa shape index (κ1) is 27.9. The summed E-state index contributed by atoms with van der Waals surface area (Å²) in [5, 5.41) is 19.6. The average molecular weight is 595 g/mol. The van der Waals surface area contributed by atoms with Gasteiger partial charge in [-0.05, 0) is 118 Å². The molecule has 8 nitrogen and oxygen atoms in total. The summed E-state index contributed by atoms with van der Waals surface area (Å²) in [7, 11) is 0. The zero-order valence-electron chi connectivity index (χ0n) is 25.7. The highest BCUT2D eigenvalue weighted by Gasteiger charge is 2.54. The van der Waals surface area contributed by atoms with Crippen LogP contribution in [0.15, 0.2) is 59.8 Å². The average Bonchev–Trinajstić information content (AvgIpc) is 3.89. The third kappa shape index (κ3) is 5.21. The molecule has 3 aromatic heterocycles. The Balaban J connectivity index is 0.900. The van der Waals surface area contributed by atoms with Gasteiger partial charge in [-0.25, -0.2) is 4.52 Å². The molecular weight excluding hydrogens is 552 g/mol. The van der Waals surface area contributed by atoms with Gasteiger partial charge < -0.3 is 19.7 Å². The Morgan fingerprint density at radius 1 is 1.05 bits per heavy atom. The number of fused-ring (bicyclic) bond motifs is 2. The lowest BCUT2D eigenvalue weighted by molar-refractivity contribution is -0.124. The molecule has 0 unspecified atom stereocenters. The molecule has 4 aliphatic rings. The molecule has 0 saturated heterocycles. The van der Waals surface area contributed by atoms with Gasteiger partial charge in [0.1, 0.15) is 12.4 Å². The van der Waals surface area contributed by atoms with Crippen molar-refractivity contribution in [1.29, 1.82) is 0 Å². The number of rotatable bonds is 10. The van der Waals surface area contributed by atoms with Crippen molar-refractivity contribution >= 4 is 22.2 Å². The predicted molar refractivity (Wildman–Crippen MR) is 169 cm³/mol. The van der Waals surface area contributed by atoms with Gasteiger partial charge in [-0.15, -0.1) is 0 Å². The number of pyridine rings is 2. The van der Waals surface area contributed by atoms with Crippen molar-refractivity contribution < 1.29 is 14.6 Å². The molecule has 0 aliphatic heterocycles. The summed E-state index contributed by atoms with van der Waals surface area (Å²) in [5.74, 6) is 2.47. The standard InChI is InChI=1S/C36H42N4O4/c1-35(2,43)21-44-27-11-12-31-24(18-37-40(31)19-27)13-32(41)38-26-16-36(17-26)14-25(15-36)30-20-39(33(22-7-8-22)23-9-10-23)34(42)29-6-4-3-5-28(29)30/h3-6,11-12,18-20,22-23,25-26,33,43H,7-10,13-17,21H2,1-2H3,(H,38,41). The molecule has 1 spiro atoms. The highest BCUT2D eigenvalue weighted by Crippen LogP contribution is 2.62. The number of nitrogens with one attached hydrogen (secondary N) is 1. The van der Waals surface area contributed by atoms with E-state index in [0.29, 0.717) is 35.0 Å². The van der Waals surface area contributed by atoms with Gasteiger partial charge in [-0.1, -0.05) is 18.2 Å². The second kappa shape index (κ2) is 10.2. The van der Waals surface area contributed by atoms with Crippen LogP contribution in [0.3, 0.4) is 0 Å². The number of nitrogens with zero attached hydrogens (tertiary/aromatic N) is 3. The number of hydrogen-bond acceptors (Lipinski definition) is 5. The molecule has 1 amide bonds. The molecule has 0 radical (unpaired) electrons. The Morgan fingerprint density at radius 2 is 1.75 bits per heavy atom. The Hall–Kier alpha value is -3.65. The first-order valence-electron chi connectivity index (χ1n) is 16.4. The zero-order valence-corrected chi connectivity index (χ0v) is 25.7. The molecule has 230 valence electrons. The van der Waals surface area contributed by atoms with Crippen LogP contribution in [0.25, 0.3) is 16.3 Å². The van der Waals surface area contributed by atoms with Crippen molar-refractivity contribution in [3.63, 3.8) is 0 Å². The minimum atomic E-state index is -0.919. The summed E-state index contributed by atoms with van der Waals surface area (Å²) in [6.45, 7) is 3.59. The molecule has 0 atom stereocenters. The first-order valence-corrected chi connectivity index (χ1v) is 16.4. The Labute approximate surface area is 257 Å². The lowest BCUT2D eigenvalue weighted by Gasteiger charge is -2.58. The van der Waals surface area contributed by atoms with Crippen LogP contribution in [-0.4, -0.2) is 43.4 Å². The minimum absolute atomic E-state index is 0.0299. The van der Waals surface area contributed by atoms with Crippen molar-refractivity contribution in [3.05, 3.63) is 76.5 Å². The van der Waals surface area contributed by atoms with Crippen LogP contribution in [-0.2, 0) is 11.2 Å². The van der Waals surface area contributed by atoms with Crippen LogP contribution in [0.5, 0.6) is 5.75 Å². The van der Waals surface area contributed by atoms with E-state index in [-0.39, 0.29) is 30.5 Å². The van der Waals surface area contributed by atoms with Crippen LogP contribution < -0.4 is 15.6 Å². The molecule has 44 heavy (non-hydrogen) atoms. The smallest absolute Gasteiger partial charge is 0.258 e. The van der Waals surface area contributed by atoms with Gasteiger partial charge >= 0.3 is 0 Å². The molecule has 4 saturated carbocycles. The highest BCUT2D eigenvalue weighted by atomic mass is 16.5. The number of carbonyl (C=O) groups excluding carboxylic acids is 1. The summed E-state index contributed by atoms with van der Waals surface area (Å²) >= 11 is 0. The summed E-state index contributed by atoms with van der Waals surface area (Å²) in [5.41, 5.74) is 2.69. The van der Waals surface area contributed by atoms with E-state index >= 15 is 0 Å². The summed E-state index contributed by atoms with van der Waals surface area (Å²) in [6.07, 6.45) is 15.4. The Kier molecular flexibility index (Phi) is 6.46. The second-order valence-corrected chi connectivity index (χ2v) is 14.9. The van der Waals surface area contributed by atoms with Crippen molar-refractivity contribution in [1.82, 2.24) is 19.5 Å². The first-order chi connectivity index (χ1) is 21.1. The quantitative estimate of drug-likeness (QED) is 0.251. The van der Waals surface area contributed by atoms with Crippen LogP contribution in [0, 0.1) is 17.3 Å². The molecule has 3 heterocycles. The second-order valence-electron chi connectivity index (χ2n) is 14.9. The van der Waals surface area contributed by atoms with E-state index < -0.39 is 5.60 Å². The number of aromatic nitrogens is 3. The third-order valence-electron chi connectivity index (χ3n) is 10.5. The monoisotopic (exact) mass is 594 g/mol. The summed E-state index contributed by atoms with van der Waals surface area (Å²) in [6, 6.07) is 12.6. The maximum Gasteiger partial charge on any atom is 0.258 e. The van der Waals surface area contributed by atoms with Crippen LogP contribution in [0.4, 0.5) is 0 Å². The van der Waals surface area contributed by atoms with Crippen molar-refractivity contribution in [2.75, 3.05) is 6.61 Å². The highest BCUT2D eigenvalue weighted by molar-refractivity contribution is 5.85. The summed E-state index contributed by atoms with van der Waals surface area (Å²) < 4.78 is 9.54. The van der Waals surface area contributed by atoms with E-state index in [9.17, 15) is 14.7 Å². The van der Waals surface area contributed by atoms with Gasteiger partial charge in [0.25, 0.3) is 5.56 Å². The van der Waals surface area contributed by atoms with Crippen molar-refractivity contribution in [2.24, 2.45) is 17.3 Å². The molecule has 4 aromatic rings. The van der Waals surface area contributed by atoms with Gasteiger partial charge in [0.15, 0.2) is 0 Å². The Bertz CT molecular complexity index is 1780. The number of ether oxygens (including phenoxy) is 1. The number of benzene rings is 1. The molecule has 0 bridgehead atoms. The van der Waals surface area contributed by atoms with E-state index in [2.05, 4.69) is 33.3 Å². The molecule has 4 fully saturated rings. The molecule has 8 rings (SSSR count). The van der Waals surface area contributed by atoms with Crippen LogP contribution >= 0.6 is 0 Å². The van der Waals surface area contributed by atoms with E-state index in [1.807, 2.05) is 24.3 Å². The molecule has 1 aromatic carbocycles. The lowest BCUT2D eigenvalue weighted by atomic mass is 9.49. The number of hydrogen-bond donors (Lipinski definition) is 2. The zero-order chi connectivity index (χ0) is 30.2. The van der Waals surface area contributed by atoms with Crippen LogP contribution in [0.1, 0.15) is 88.3 Å². The van der Waals surface area contributed by atoms with E-state index in [1.54, 1.807) is 30.8 Å². The maximum atomic E-state index is 13.6. The number of carbonyl (C=O) groups is 1. The molecule has 4 aliphatic carbocycles. The summed E-state index contributed by atoms with van der Waals surface area (Å²) in [4.78, 5) is 26.6.